The fourth-order valence-electron chi connectivity index (χ4n) is 2.47. The molecule has 1 aromatic carbocycles. The number of benzene rings is 1. The van der Waals surface area contributed by atoms with Crippen molar-refractivity contribution in [1.82, 2.24) is 4.98 Å². The maximum atomic E-state index is 9.95. The van der Waals surface area contributed by atoms with Gasteiger partial charge in [0.1, 0.15) is 35.9 Å². The fraction of sp³-hybridized carbons (Fsp3) is 0.429. The highest BCUT2D eigenvalue weighted by Gasteiger charge is 2.44. The van der Waals surface area contributed by atoms with Gasteiger partial charge in [-0.15, -0.1) is 0 Å². The van der Waals surface area contributed by atoms with Crippen molar-refractivity contribution >= 4 is 10.9 Å². The first-order chi connectivity index (χ1) is 10.5. The van der Waals surface area contributed by atoms with Gasteiger partial charge in [0.15, 0.2) is 0 Å². The maximum absolute atomic E-state index is 9.95. The molecule has 8 heteroatoms. The van der Waals surface area contributed by atoms with Crippen molar-refractivity contribution in [3.63, 3.8) is 0 Å². The van der Waals surface area contributed by atoms with Crippen LogP contribution in [0, 0.1) is 0 Å². The minimum Gasteiger partial charge on any atom is -0.508 e. The summed E-state index contributed by atoms with van der Waals surface area (Å²) in [7, 11) is 0. The second-order valence-corrected chi connectivity index (χ2v) is 5.20. The van der Waals surface area contributed by atoms with Crippen LogP contribution in [0.2, 0.25) is 0 Å². The first-order valence-electron chi connectivity index (χ1n) is 6.78. The number of aromatic nitrogens is 1. The Balaban J connectivity index is 1.85. The first kappa shape index (κ1) is 15.1. The van der Waals surface area contributed by atoms with Crippen LogP contribution in [0.5, 0.6) is 11.5 Å². The molecule has 120 valence electrons. The molecule has 1 fully saturated rings. The van der Waals surface area contributed by atoms with Crippen molar-refractivity contribution in [2.24, 2.45) is 0 Å². The lowest BCUT2D eigenvalue weighted by Crippen LogP contribution is -2.60. The van der Waals surface area contributed by atoms with Crippen molar-refractivity contribution in [2.45, 2.75) is 30.7 Å². The molecule has 0 unspecified atom stereocenters. The predicted molar refractivity (Wildman–Crippen MR) is 74.4 cm³/mol. The Morgan fingerprint density at radius 2 is 1.91 bits per heavy atom. The number of phenolic OH excluding ortho intramolecular Hbond substituents is 1. The highest BCUT2D eigenvalue weighted by Crippen LogP contribution is 2.31. The molecule has 2 heterocycles. The van der Waals surface area contributed by atoms with Crippen LogP contribution in [0.1, 0.15) is 0 Å². The molecule has 6 N–H and O–H groups in total. The average molecular weight is 311 g/mol. The van der Waals surface area contributed by atoms with Gasteiger partial charge in [-0.1, -0.05) is 0 Å². The van der Waals surface area contributed by atoms with Crippen molar-refractivity contribution in [3.8, 4) is 11.5 Å². The molecule has 1 aromatic heterocycles. The Hall–Kier alpha value is -1.84. The van der Waals surface area contributed by atoms with Gasteiger partial charge >= 0.3 is 0 Å². The van der Waals surface area contributed by atoms with Gasteiger partial charge in [0.05, 0.1) is 6.61 Å². The molecule has 0 saturated carbocycles. The summed E-state index contributed by atoms with van der Waals surface area (Å²) in [6.07, 6.45) is -5.22. The van der Waals surface area contributed by atoms with Crippen LogP contribution in [-0.2, 0) is 4.74 Å². The third kappa shape index (κ3) is 2.51. The van der Waals surface area contributed by atoms with Gasteiger partial charge in [-0.25, -0.2) is 0 Å². The predicted octanol–water partition coefficient (Wildman–Crippen LogP) is -0.948. The number of hydrogen-bond acceptors (Lipinski definition) is 7. The number of nitrogens with one attached hydrogen (secondary N) is 1. The summed E-state index contributed by atoms with van der Waals surface area (Å²) in [5.41, 5.74) is 0.706. The van der Waals surface area contributed by atoms with Gasteiger partial charge in [0.2, 0.25) is 6.29 Å². The molecule has 1 aliphatic rings. The molecule has 0 radical (unpaired) electrons. The zero-order valence-corrected chi connectivity index (χ0v) is 11.5. The Morgan fingerprint density at radius 3 is 2.64 bits per heavy atom. The number of aromatic hydroxyl groups is 1. The topological polar surface area (TPSA) is 135 Å². The lowest BCUT2D eigenvalue weighted by Gasteiger charge is -2.39. The number of rotatable bonds is 3. The number of ether oxygens (including phenoxy) is 2. The van der Waals surface area contributed by atoms with E-state index in [0.29, 0.717) is 16.7 Å². The second kappa shape index (κ2) is 5.75. The van der Waals surface area contributed by atoms with Gasteiger partial charge in [-0.2, -0.15) is 0 Å². The SMILES string of the molecule is OC[C@H]1O[C@@H](Oc2c[nH]c3ccc(O)cc23)[C@H](O)[C@@H](O)[C@@H]1O. The van der Waals surface area contributed by atoms with Crippen LogP contribution in [0.25, 0.3) is 10.9 Å². The van der Waals surface area contributed by atoms with E-state index in [9.17, 15) is 20.4 Å². The van der Waals surface area contributed by atoms with Gasteiger partial charge < -0.3 is 40.0 Å². The smallest absolute Gasteiger partial charge is 0.229 e. The van der Waals surface area contributed by atoms with E-state index in [-0.39, 0.29) is 5.75 Å². The van der Waals surface area contributed by atoms with E-state index >= 15 is 0 Å². The summed E-state index contributed by atoms with van der Waals surface area (Å²) in [5, 5.41) is 48.6. The standard InChI is InChI=1S/C14H17NO7/c16-5-10-11(18)12(19)13(20)14(22-10)21-9-4-15-8-2-1-6(17)3-7(8)9/h1-4,10-20H,5H2/t10-,11-,12+,13-,14-/m1/s1. The molecule has 0 amide bonds. The first-order valence-corrected chi connectivity index (χ1v) is 6.78. The molecule has 5 atom stereocenters. The largest absolute Gasteiger partial charge is 0.508 e. The minimum atomic E-state index is -1.51. The third-order valence-corrected chi connectivity index (χ3v) is 3.72. The van der Waals surface area contributed by atoms with Gasteiger partial charge in [0.25, 0.3) is 0 Å². The number of phenols is 1. The van der Waals surface area contributed by atoms with E-state index in [0.717, 1.165) is 0 Å². The Morgan fingerprint density at radius 1 is 1.14 bits per heavy atom. The quantitative estimate of drug-likeness (QED) is 0.430. The van der Waals surface area contributed by atoms with Crippen LogP contribution < -0.4 is 4.74 Å². The zero-order valence-electron chi connectivity index (χ0n) is 11.5. The number of aromatic amines is 1. The van der Waals surface area contributed by atoms with E-state index in [1.165, 1.54) is 18.3 Å². The Labute approximate surface area is 125 Å². The molecule has 1 aliphatic heterocycles. The zero-order chi connectivity index (χ0) is 15.9. The number of aliphatic hydroxyl groups is 4. The van der Waals surface area contributed by atoms with Gasteiger partial charge in [-0.3, -0.25) is 0 Å². The summed E-state index contributed by atoms with van der Waals surface area (Å²) in [6, 6.07) is 4.65. The van der Waals surface area contributed by atoms with Crippen LogP contribution in [0.4, 0.5) is 0 Å². The Kier molecular flexibility index (Phi) is 3.94. The van der Waals surface area contributed by atoms with E-state index in [2.05, 4.69) is 4.98 Å². The van der Waals surface area contributed by atoms with E-state index in [1.807, 2.05) is 0 Å². The third-order valence-electron chi connectivity index (χ3n) is 3.72. The summed E-state index contributed by atoms with van der Waals surface area (Å²) in [4.78, 5) is 2.93. The highest BCUT2D eigenvalue weighted by atomic mass is 16.7. The number of aliphatic hydroxyl groups excluding tert-OH is 4. The van der Waals surface area contributed by atoms with Crippen LogP contribution in [0.15, 0.2) is 24.4 Å². The van der Waals surface area contributed by atoms with Crippen molar-refractivity contribution in [3.05, 3.63) is 24.4 Å². The lowest BCUT2D eigenvalue weighted by molar-refractivity contribution is -0.277. The molecule has 8 nitrogen and oxygen atoms in total. The molecule has 0 bridgehead atoms. The molecule has 0 aliphatic carbocycles. The van der Waals surface area contributed by atoms with E-state index < -0.39 is 37.3 Å². The van der Waals surface area contributed by atoms with Gasteiger partial charge in [0, 0.05) is 17.1 Å². The van der Waals surface area contributed by atoms with Crippen molar-refractivity contribution < 1.29 is 35.0 Å². The summed E-state index contributed by atoms with van der Waals surface area (Å²) >= 11 is 0. The lowest BCUT2D eigenvalue weighted by atomic mass is 9.99. The van der Waals surface area contributed by atoms with E-state index in [4.69, 9.17) is 14.6 Å². The fourth-order valence-corrected chi connectivity index (χ4v) is 2.47. The molecule has 3 rings (SSSR count). The van der Waals surface area contributed by atoms with Crippen LogP contribution in [-0.4, -0.2) is 67.8 Å². The average Bonchev–Trinajstić information content (AvgIpc) is 2.90. The molecule has 0 spiro atoms. The summed E-state index contributed by atoms with van der Waals surface area (Å²) in [6.45, 7) is -0.528. The minimum absolute atomic E-state index is 0.0470. The van der Waals surface area contributed by atoms with E-state index in [1.54, 1.807) is 6.07 Å². The molecule has 22 heavy (non-hydrogen) atoms. The van der Waals surface area contributed by atoms with Crippen LogP contribution >= 0.6 is 0 Å². The normalized spacial score (nSPS) is 32.3. The monoisotopic (exact) mass is 311 g/mol. The molecular formula is C14H17NO7. The maximum Gasteiger partial charge on any atom is 0.229 e. The molecule has 2 aromatic rings. The second-order valence-electron chi connectivity index (χ2n) is 5.20. The number of H-pyrrole nitrogens is 1. The molecular weight excluding hydrogens is 294 g/mol. The summed E-state index contributed by atoms with van der Waals surface area (Å²) in [5.74, 6) is 0.348. The summed E-state index contributed by atoms with van der Waals surface area (Å²) < 4.78 is 10.8. The Bertz CT molecular complexity index is 656. The van der Waals surface area contributed by atoms with Crippen LogP contribution in [0.3, 0.4) is 0 Å². The van der Waals surface area contributed by atoms with Gasteiger partial charge in [-0.05, 0) is 18.2 Å². The van der Waals surface area contributed by atoms with Crippen molar-refractivity contribution in [2.75, 3.05) is 6.61 Å². The number of fused-ring (bicyclic) bond motifs is 1. The van der Waals surface area contributed by atoms with Crippen molar-refractivity contribution in [1.29, 1.82) is 0 Å². The highest BCUT2D eigenvalue weighted by molar-refractivity contribution is 5.87. The number of hydrogen-bond donors (Lipinski definition) is 6. The molecule has 1 saturated heterocycles.